The molecule has 0 spiro atoms. The first-order valence-corrected chi connectivity index (χ1v) is 13.1. The van der Waals surface area contributed by atoms with Crippen molar-refractivity contribution < 1.29 is 32.8 Å². The van der Waals surface area contributed by atoms with Gasteiger partial charge in [0.1, 0.15) is 18.1 Å². The Morgan fingerprint density at radius 2 is 1.77 bits per heavy atom. The molecule has 39 heavy (non-hydrogen) atoms. The van der Waals surface area contributed by atoms with Gasteiger partial charge in [-0.3, -0.25) is 4.79 Å². The Morgan fingerprint density at radius 3 is 2.26 bits per heavy atom. The first-order chi connectivity index (χ1) is 18.3. The fourth-order valence-electron chi connectivity index (χ4n) is 4.90. The number of halogens is 1. The van der Waals surface area contributed by atoms with E-state index in [0.717, 1.165) is 11.8 Å². The molecule has 1 aromatic heterocycles. The molecule has 2 aromatic rings. The van der Waals surface area contributed by atoms with Gasteiger partial charge in [-0.25, -0.2) is 19.2 Å². The SMILES string of the molecule is COC(=O)N(C(=O)[N+]1(C(=O)[C@@H](N)C(C)C)CCC[C@H]1C)[C@H](C(=O)c1nn(-c2ccc(Cl)cc2)c(=O)o1)C(C)C. The minimum absolute atomic E-state index is 0.117. The minimum atomic E-state index is -1.49. The number of Topliss-reactive ketones (excluding diaryl/α,β-unsaturated/α-hetero) is 1. The number of quaternary nitrogens is 1. The molecule has 3 rings (SSSR count). The fraction of sp³-hybridized carbons (Fsp3) is 0.538. The van der Waals surface area contributed by atoms with Crippen molar-refractivity contribution in [1.29, 1.82) is 0 Å². The number of benzene rings is 1. The fourth-order valence-corrected chi connectivity index (χ4v) is 5.03. The van der Waals surface area contributed by atoms with Crippen LogP contribution in [-0.4, -0.2) is 74.8 Å². The van der Waals surface area contributed by atoms with Crippen molar-refractivity contribution in [3.63, 3.8) is 0 Å². The lowest BCUT2D eigenvalue weighted by molar-refractivity contribution is -0.788. The van der Waals surface area contributed by atoms with Gasteiger partial charge in [-0.05, 0) is 43.0 Å². The predicted molar refractivity (Wildman–Crippen MR) is 141 cm³/mol. The zero-order valence-corrected chi connectivity index (χ0v) is 23.7. The number of ether oxygens (including phenoxy) is 1. The maximum atomic E-state index is 14.3. The van der Waals surface area contributed by atoms with Crippen LogP contribution in [0.1, 0.15) is 58.1 Å². The molecule has 212 valence electrons. The smallest absolute Gasteiger partial charge is 0.442 e. The van der Waals surface area contributed by atoms with E-state index in [9.17, 15) is 24.0 Å². The molecule has 1 fully saturated rings. The van der Waals surface area contributed by atoms with Crippen molar-refractivity contribution in [3.8, 4) is 5.69 Å². The highest BCUT2D eigenvalue weighted by molar-refractivity contribution is 6.30. The van der Waals surface area contributed by atoms with Crippen molar-refractivity contribution >= 4 is 35.4 Å². The second kappa shape index (κ2) is 11.8. The Morgan fingerprint density at radius 1 is 1.15 bits per heavy atom. The summed E-state index contributed by atoms with van der Waals surface area (Å²) in [6.07, 6.45) is -0.0500. The predicted octanol–water partition coefficient (Wildman–Crippen LogP) is 3.38. The average Bonchev–Trinajstić information content (AvgIpc) is 3.48. The number of carbonyl (C=O) groups is 4. The van der Waals surface area contributed by atoms with Gasteiger partial charge < -0.3 is 14.9 Å². The standard InChI is InChI=1S/C26H35ClN5O7/c1-14(2)19(28)23(34)32(13-7-8-16(32)5)24(35)30(25(36)38-6)20(15(3)4)21(33)22-29-31(26(37)39-22)18-11-9-17(27)10-12-18/h9-12,14-16,19-20H,7-8,13,28H2,1-6H3/q+1/t16-,19+,20+,32?/m1/s1. The number of hydrogen-bond acceptors (Lipinski definition) is 9. The monoisotopic (exact) mass is 564 g/mol. The third-order valence-electron chi connectivity index (χ3n) is 7.21. The first kappa shape index (κ1) is 30.2. The molecule has 1 saturated heterocycles. The molecule has 12 nitrogen and oxygen atoms in total. The topological polar surface area (TPSA) is 155 Å². The van der Waals surface area contributed by atoms with Gasteiger partial charge in [0, 0.05) is 17.9 Å². The molecule has 0 radical (unpaired) electrons. The molecular weight excluding hydrogens is 530 g/mol. The van der Waals surface area contributed by atoms with Crippen LogP contribution in [0.5, 0.6) is 0 Å². The van der Waals surface area contributed by atoms with E-state index >= 15 is 0 Å². The van der Waals surface area contributed by atoms with E-state index < -0.39 is 64.0 Å². The lowest BCUT2D eigenvalue weighted by Gasteiger charge is -2.40. The molecule has 2 heterocycles. The van der Waals surface area contributed by atoms with Crippen LogP contribution in [0.25, 0.3) is 5.69 Å². The molecule has 1 unspecified atom stereocenters. The lowest BCUT2D eigenvalue weighted by atomic mass is 9.97. The summed E-state index contributed by atoms with van der Waals surface area (Å²) in [5.41, 5.74) is 6.50. The van der Waals surface area contributed by atoms with Gasteiger partial charge in [0.15, 0.2) is 0 Å². The molecule has 1 aliphatic rings. The van der Waals surface area contributed by atoms with Crippen molar-refractivity contribution in [3.05, 3.63) is 45.7 Å². The number of rotatable bonds is 7. The van der Waals surface area contributed by atoms with Crippen LogP contribution in [0.2, 0.25) is 5.02 Å². The van der Waals surface area contributed by atoms with Gasteiger partial charge >= 0.3 is 23.8 Å². The summed E-state index contributed by atoms with van der Waals surface area (Å²) in [6.45, 7) is 8.61. The van der Waals surface area contributed by atoms with Crippen LogP contribution >= 0.6 is 11.6 Å². The van der Waals surface area contributed by atoms with E-state index in [1.807, 2.05) is 0 Å². The van der Waals surface area contributed by atoms with E-state index in [4.69, 9.17) is 26.5 Å². The second-order valence-corrected chi connectivity index (χ2v) is 10.9. The Hall–Kier alpha value is -3.35. The Labute approximate surface area is 231 Å². The molecule has 1 aliphatic heterocycles. The Kier molecular flexibility index (Phi) is 9.14. The van der Waals surface area contributed by atoms with Crippen LogP contribution in [-0.2, 0) is 9.53 Å². The summed E-state index contributed by atoms with van der Waals surface area (Å²) in [4.78, 5) is 68.1. The summed E-state index contributed by atoms with van der Waals surface area (Å²) in [5, 5.41) is 4.45. The molecule has 0 bridgehead atoms. The van der Waals surface area contributed by atoms with Crippen LogP contribution in [0.4, 0.5) is 9.59 Å². The summed E-state index contributed by atoms with van der Waals surface area (Å²) < 4.78 is 10.2. The highest BCUT2D eigenvalue weighted by Crippen LogP contribution is 2.33. The van der Waals surface area contributed by atoms with Gasteiger partial charge in [-0.1, -0.05) is 39.3 Å². The highest BCUT2D eigenvalue weighted by Gasteiger charge is 2.59. The van der Waals surface area contributed by atoms with Gasteiger partial charge in [-0.15, -0.1) is 5.10 Å². The number of nitrogens with two attached hydrogens (primary N) is 1. The molecule has 13 heteroatoms. The van der Waals surface area contributed by atoms with E-state index in [0.29, 0.717) is 22.8 Å². The zero-order chi connectivity index (χ0) is 29.2. The summed E-state index contributed by atoms with van der Waals surface area (Å²) in [5.74, 6) is -3.94. The normalized spacial score (nSPS) is 20.6. The molecular formula is C26H35ClN5O7+. The third kappa shape index (κ3) is 5.54. The van der Waals surface area contributed by atoms with Crippen LogP contribution in [0.15, 0.2) is 33.5 Å². The quantitative estimate of drug-likeness (QED) is 0.393. The number of amides is 4. The Bertz CT molecular complexity index is 1300. The Balaban J connectivity index is 2.11. The van der Waals surface area contributed by atoms with Crippen LogP contribution in [0.3, 0.4) is 0 Å². The van der Waals surface area contributed by atoms with Crippen molar-refractivity contribution in [2.24, 2.45) is 17.6 Å². The lowest BCUT2D eigenvalue weighted by Crippen LogP contribution is -2.70. The minimum Gasteiger partial charge on any atom is -0.452 e. The van der Waals surface area contributed by atoms with E-state index in [1.54, 1.807) is 34.6 Å². The van der Waals surface area contributed by atoms with Crippen molar-refractivity contribution in [1.82, 2.24) is 14.7 Å². The molecule has 4 amide bonds. The highest BCUT2D eigenvalue weighted by atomic mass is 35.5. The third-order valence-corrected chi connectivity index (χ3v) is 7.46. The van der Waals surface area contributed by atoms with Crippen LogP contribution in [0, 0.1) is 11.8 Å². The molecule has 0 aliphatic carbocycles. The molecule has 2 N–H and O–H groups in total. The number of likely N-dealkylation sites (tertiary alicyclic amines) is 1. The number of hydrogen-bond donors (Lipinski definition) is 1. The van der Waals surface area contributed by atoms with E-state index in [2.05, 4.69) is 5.10 Å². The molecule has 0 saturated carbocycles. The molecule has 4 atom stereocenters. The summed E-state index contributed by atoms with van der Waals surface area (Å²) in [7, 11) is 1.07. The number of methoxy groups -OCH3 is 1. The largest absolute Gasteiger partial charge is 0.452 e. The maximum Gasteiger partial charge on any atom is 0.442 e. The average molecular weight is 565 g/mol. The van der Waals surface area contributed by atoms with E-state index in [1.165, 1.54) is 24.3 Å². The van der Waals surface area contributed by atoms with Gasteiger partial charge in [-0.2, -0.15) is 14.1 Å². The van der Waals surface area contributed by atoms with Gasteiger partial charge in [0.05, 0.1) is 19.3 Å². The maximum absolute atomic E-state index is 14.3. The zero-order valence-electron chi connectivity index (χ0n) is 22.9. The summed E-state index contributed by atoms with van der Waals surface area (Å²) in [6, 6.07) is 2.21. The summed E-state index contributed by atoms with van der Waals surface area (Å²) >= 11 is 5.91. The number of urea groups is 1. The van der Waals surface area contributed by atoms with Crippen molar-refractivity contribution in [2.45, 2.75) is 65.6 Å². The number of aromatic nitrogens is 2. The number of carbonyl (C=O) groups excluding carboxylic acids is 4. The first-order valence-electron chi connectivity index (χ1n) is 12.8. The number of ketones is 1. The van der Waals surface area contributed by atoms with Crippen LogP contribution < -0.4 is 11.5 Å². The number of nitrogens with zero attached hydrogens (tertiary/aromatic N) is 4. The van der Waals surface area contributed by atoms with E-state index in [-0.39, 0.29) is 18.2 Å². The van der Waals surface area contributed by atoms with Crippen molar-refractivity contribution in [2.75, 3.05) is 13.7 Å². The van der Waals surface area contributed by atoms with Gasteiger partial charge in [0.25, 0.3) is 5.89 Å². The molecule has 1 aromatic carbocycles. The second-order valence-electron chi connectivity index (χ2n) is 10.4. The van der Waals surface area contributed by atoms with Gasteiger partial charge in [0.2, 0.25) is 5.78 Å². The number of imide groups is 2.